The van der Waals surface area contributed by atoms with Crippen molar-refractivity contribution >= 4 is 21.7 Å². The number of anilines is 1. The van der Waals surface area contributed by atoms with Crippen LogP contribution in [0.5, 0.6) is 0 Å². The molecule has 0 unspecified atom stereocenters. The van der Waals surface area contributed by atoms with Gasteiger partial charge in [-0.05, 0) is 30.5 Å². The Hall–Kier alpha value is -1.86. The van der Waals surface area contributed by atoms with Crippen LogP contribution in [-0.2, 0) is 14.9 Å². The topological polar surface area (TPSA) is 109 Å². The number of rotatable bonds is 3. The Kier molecular flexibility index (Phi) is 6.69. The molecular weight excluding hydrogens is 256 g/mol. The predicted octanol–water partition coefficient (Wildman–Crippen LogP) is 1.37. The van der Waals surface area contributed by atoms with Crippen molar-refractivity contribution in [1.82, 2.24) is 0 Å². The molecule has 0 bridgehead atoms. The monoisotopic (exact) mass is 272 g/mol. The van der Waals surface area contributed by atoms with E-state index in [1.165, 1.54) is 24.3 Å². The fourth-order valence-electron chi connectivity index (χ4n) is 0.982. The summed E-state index contributed by atoms with van der Waals surface area (Å²) < 4.78 is 30.1. The van der Waals surface area contributed by atoms with E-state index in [-0.39, 0.29) is 4.90 Å². The molecule has 0 aromatic heterocycles. The van der Waals surface area contributed by atoms with Gasteiger partial charge in [0.15, 0.2) is 0 Å². The van der Waals surface area contributed by atoms with Gasteiger partial charge in [-0.1, -0.05) is 13.8 Å². The van der Waals surface area contributed by atoms with Crippen LogP contribution in [0.1, 0.15) is 13.8 Å². The van der Waals surface area contributed by atoms with Crippen LogP contribution in [-0.4, -0.2) is 18.9 Å². The minimum absolute atomic E-state index is 0.236. The normalized spacial score (nSPS) is 10.6. The molecule has 0 saturated heterocycles. The lowest BCUT2D eigenvalue weighted by Crippen LogP contribution is -2.08. The molecule has 6 nitrogen and oxygen atoms in total. The molecule has 100 valence electrons. The van der Waals surface area contributed by atoms with Crippen molar-refractivity contribution in [3.05, 3.63) is 36.5 Å². The van der Waals surface area contributed by atoms with E-state index in [0.717, 1.165) is 12.3 Å². The lowest BCUT2D eigenvalue weighted by molar-refractivity contribution is -0.111. The molecule has 7 heteroatoms. The maximum atomic E-state index is 11.0. The number of carbonyl (C=O) groups is 1. The average molecular weight is 272 g/mol. The Bertz CT molecular complexity index is 506. The largest absolute Gasteiger partial charge is 0.404 e. The number of nitrogens with one attached hydrogen (secondary N) is 1. The summed E-state index contributed by atoms with van der Waals surface area (Å²) in [5.41, 5.74) is 5.41. The molecule has 0 aliphatic carbocycles. The van der Waals surface area contributed by atoms with E-state index in [0.29, 0.717) is 5.69 Å². The first-order chi connectivity index (χ1) is 8.43. The molecule has 0 saturated carbocycles. The van der Waals surface area contributed by atoms with Gasteiger partial charge >= 0.3 is 0 Å². The van der Waals surface area contributed by atoms with Gasteiger partial charge in [0.2, 0.25) is 5.91 Å². The van der Waals surface area contributed by atoms with E-state index >= 15 is 0 Å². The number of benzene rings is 1. The van der Waals surface area contributed by atoms with Crippen molar-refractivity contribution in [2.75, 3.05) is 5.32 Å². The smallest absolute Gasteiger partial charge is 0.294 e. The highest BCUT2D eigenvalue weighted by Crippen LogP contribution is 2.13. The van der Waals surface area contributed by atoms with Gasteiger partial charge < -0.3 is 11.1 Å². The van der Waals surface area contributed by atoms with Gasteiger partial charge in [0.1, 0.15) is 0 Å². The number of hydrogen-bond donors (Lipinski definition) is 3. The molecule has 0 atom stereocenters. The van der Waals surface area contributed by atoms with Crippen molar-refractivity contribution in [3.63, 3.8) is 0 Å². The van der Waals surface area contributed by atoms with E-state index in [1.807, 2.05) is 13.8 Å². The second kappa shape index (κ2) is 7.46. The summed E-state index contributed by atoms with van der Waals surface area (Å²) in [6.07, 6.45) is 2.21. The summed E-state index contributed by atoms with van der Waals surface area (Å²) in [6.45, 7) is 4.00. The van der Waals surface area contributed by atoms with Gasteiger partial charge in [-0.25, -0.2) is 0 Å². The first kappa shape index (κ1) is 16.1. The van der Waals surface area contributed by atoms with E-state index in [2.05, 4.69) is 5.32 Å². The average Bonchev–Trinajstić information content (AvgIpc) is 2.31. The second-order valence-corrected chi connectivity index (χ2v) is 4.27. The standard InChI is InChI=1S/C9H10N2O4S.C2H6/c10-6-5-9(12)11-7-1-3-8(4-2-7)16(13,14)15;1-2/h1-6H,10H2,(H,11,12)(H,13,14,15);1-2H3/b6-5-;. The fraction of sp³-hybridized carbons (Fsp3) is 0.182. The number of carbonyl (C=O) groups excluding carboxylic acids is 1. The van der Waals surface area contributed by atoms with Crippen molar-refractivity contribution in [2.24, 2.45) is 5.73 Å². The molecule has 1 aromatic rings. The summed E-state index contributed by atoms with van der Waals surface area (Å²) in [5.74, 6) is -0.429. The minimum Gasteiger partial charge on any atom is -0.404 e. The zero-order valence-electron chi connectivity index (χ0n) is 10.1. The molecule has 4 N–H and O–H groups in total. The van der Waals surface area contributed by atoms with Gasteiger partial charge in [0, 0.05) is 11.8 Å². The lowest BCUT2D eigenvalue weighted by Gasteiger charge is -2.02. The van der Waals surface area contributed by atoms with Crippen LogP contribution in [0.2, 0.25) is 0 Å². The first-order valence-corrected chi connectivity index (χ1v) is 6.64. The highest BCUT2D eigenvalue weighted by atomic mass is 32.2. The molecule has 0 aliphatic heterocycles. The van der Waals surface area contributed by atoms with Gasteiger partial charge in [0.25, 0.3) is 10.1 Å². The summed E-state index contributed by atoms with van der Waals surface area (Å²) in [4.78, 5) is 10.8. The Balaban J connectivity index is 0.00000137. The van der Waals surface area contributed by atoms with Crippen LogP contribution < -0.4 is 11.1 Å². The maximum absolute atomic E-state index is 11.0. The Labute approximate surface area is 106 Å². The van der Waals surface area contributed by atoms with Crippen LogP contribution in [0.3, 0.4) is 0 Å². The van der Waals surface area contributed by atoms with Crippen molar-refractivity contribution in [2.45, 2.75) is 18.7 Å². The van der Waals surface area contributed by atoms with E-state index in [1.54, 1.807) is 0 Å². The summed E-state index contributed by atoms with van der Waals surface area (Å²) >= 11 is 0. The summed E-state index contributed by atoms with van der Waals surface area (Å²) in [7, 11) is -4.20. The molecule has 0 aliphatic rings. The third-order valence-corrected chi connectivity index (χ3v) is 2.54. The van der Waals surface area contributed by atoms with Crippen LogP contribution in [0.4, 0.5) is 5.69 Å². The van der Waals surface area contributed by atoms with Crippen LogP contribution in [0.25, 0.3) is 0 Å². The quantitative estimate of drug-likeness (QED) is 0.568. The number of nitrogens with two attached hydrogens (primary N) is 1. The fourth-order valence-corrected chi connectivity index (χ4v) is 1.46. The van der Waals surface area contributed by atoms with Crippen LogP contribution in [0.15, 0.2) is 41.4 Å². The van der Waals surface area contributed by atoms with Crippen LogP contribution >= 0.6 is 0 Å². The van der Waals surface area contributed by atoms with E-state index in [4.69, 9.17) is 10.3 Å². The highest BCUT2D eigenvalue weighted by molar-refractivity contribution is 7.85. The molecule has 1 aromatic carbocycles. The van der Waals surface area contributed by atoms with E-state index < -0.39 is 16.0 Å². The molecule has 1 rings (SSSR count). The maximum Gasteiger partial charge on any atom is 0.294 e. The van der Waals surface area contributed by atoms with Gasteiger partial charge in [-0.2, -0.15) is 8.42 Å². The molecule has 0 radical (unpaired) electrons. The zero-order chi connectivity index (χ0) is 14.2. The van der Waals surface area contributed by atoms with E-state index in [9.17, 15) is 13.2 Å². The zero-order valence-corrected chi connectivity index (χ0v) is 10.9. The molecule has 0 spiro atoms. The van der Waals surface area contributed by atoms with Gasteiger partial charge in [0.05, 0.1) is 4.90 Å². The van der Waals surface area contributed by atoms with Crippen molar-refractivity contribution < 1.29 is 17.8 Å². The van der Waals surface area contributed by atoms with Crippen LogP contribution in [0, 0.1) is 0 Å². The predicted molar refractivity (Wildman–Crippen MR) is 69.6 cm³/mol. The first-order valence-electron chi connectivity index (χ1n) is 5.20. The van der Waals surface area contributed by atoms with Crippen molar-refractivity contribution in [1.29, 1.82) is 0 Å². The molecule has 0 fully saturated rings. The Morgan fingerprint density at radius 3 is 2.17 bits per heavy atom. The summed E-state index contributed by atoms with van der Waals surface area (Å²) in [6, 6.07) is 5.06. The number of amides is 1. The van der Waals surface area contributed by atoms with Crippen molar-refractivity contribution in [3.8, 4) is 0 Å². The van der Waals surface area contributed by atoms with Gasteiger partial charge in [-0.3, -0.25) is 9.35 Å². The third-order valence-electron chi connectivity index (χ3n) is 1.67. The highest BCUT2D eigenvalue weighted by Gasteiger charge is 2.08. The Morgan fingerprint density at radius 2 is 1.78 bits per heavy atom. The second-order valence-electron chi connectivity index (χ2n) is 2.85. The molecule has 1 amide bonds. The Morgan fingerprint density at radius 1 is 1.28 bits per heavy atom. The third kappa shape index (κ3) is 5.46. The van der Waals surface area contributed by atoms with Gasteiger partial charge in [-0.15, -0.1) is 0 Å². The lowest BCUT2D eigenvalue weighted by atomic mass is 10.3. The molecular formula is C11H16N2O4S. The SMILES string of the molecule is CC.N/C=C\C(=O)Nc1ccc(S(=O)(=O)O)cc1. The molecule has 0 heterocycles. The number of hydrogen-bond acceptors (Lipinski definition) is 4. The minimum atomic E-state index is -4.20. The summed E-state index contributed by atoms with van der Waals surface area (Å²) in [5, 5.41) is 2.44. The molecule has 18 heavy (non-hydrogen) atoms.